The van der Waals surface area contributed by atoms with Gasteiger partial charge in [-0.2, -0.15) is 0 Å². The molecule has 0 unspecified atom stereocenters. The van der Waals surface area contributed by atoms with Crippen LogP contribution in [-0.4, -0.2) is 23.9 Å². The number of nitrogens with two attached hydrogens (primary N) is 1. The summed E-state index contributed by atoms with van der Waals surface area (Å²) in [6, 6.07) is 6.15. The number of primary amides is 1. The summed E-state index contributed by atoms with van der Waals surface area (Å²) < 4.78 is 4.67. The summed E-state index contributed by atoms with van der Waals surface area (Å²) in [5.74, 6) is -0.217. The minimum atomic E-state index is -0.839. The first kappa shape index (κ1) is 18.5. The molecule has 0 aliphatic rings. The standard InChI is InChI=1S/C16H23N3O4/c1-10(2)8-14(20)18-11(3)15(21)19-13-6-4-12(5-7-13)9-23-16(17)22/h4-7,10-11H,8-9H2,1-3H3,(H2,17,22)(H,18,20)(H,19,21)/t11-/m0/s1. The number of nitrogens with one attached hydrogen (secondary N) is 2. The molecule has 0 aromatic heterocycles. The van der Waals surface area contributed by atoms with Gasteiger partial charge in [-0.1, -0.05) is 26.0 Å². The van der Waals surface area contributed by atoms with Gasteiger partial charge >= 0.3 is 6.09 Å². The fourth-order valence-corrected chi connectivity index (χ4v) is 1.83. The van der Waals surface area contributed by atoms with Crippen molar-refractivity contribution in [3.05, 3.63) is 29.8 Å². The predicted octanol–water partition coefficient (Wildman–Crippen LogP) is 1.77. The minimum absolute atomic E-state index is 0.0746. The van der Waals surface area contributed by atoms with Gasteiger partial charge in [0.2, 0.25) is 11.8 Å². The number of hydrogen-bond acceptors (Lipinski definition) is 4. The minimum Gasteiger partial charge on any atom is -0.445 e. The molecule has 1 aromatic carbocycles. The highest BCUT2D eigenvalue weighted by atomic mass is 16.5. The van der Waals surface area contributed by atoms with E-state index in [1.807, 2.05) is 13.8 Å². The van der Waals surface area contributed by atoms with Crippen molar-refractivity contribution in [2.24, 2.45) is 11.7 Å². The van der Waals surface area contributed by atoms with Crippen molar-refractivity contribution in [1.82, 2.24) is 5.32 Å². The molecule has 1 atom stereocenters. The van der Waals surface area contributed by atoms with Crippen LogP contribution in [0.5, 0.6) is 0 Å². The van der Waals surface area contributed by atoms with Gasteiger partial charge < -0.3 is 21.1 Å². The van der Waals surface area contributed by atoms with Crippen LogP contribution in [0.3, 0.4) is 0 Å². The van der Waals surface area contributed by atoms with Crippen molar-refractivity contribution >= 4 is 23.6 Å². The lowest BCUT2D eigenvalue weighted by Crippen LogP contribution is -2.41. The third-order valence-corrected chi connectivity index (χ3v) is 2.97. The van der Waals surface area contributed by atoms with Crippen molar-refractivity contribution in [3.8, 4) is 0 Å². The zero-order valence-corrected chi connectivity index (χ0v) is 13.6. The van der Waals surface area contributed by atoms with Gasteiger partial charge in [-0.25, -0.2) is 4.79 Å². The number of anilines is 1. The van der Waals surface area contributed by atoms with E-state index in [0.29, 0.717) is 12.1 Å². The molecule has 0 heterocycles. The van der Waals surface area contributed by atoms with Gasteiger partial charge in [0.1, 0.15) is 12.6 Å². The molecule has 0 spiro atoms. The molecule has 0 bridgehead atoms. The molecule has 0 aliphatic carbocycles. The Balaban J connectivity index is 2.50. The Kier molecular flexibility index (Phi) is 7.05. The third kappa shape index (κ3) is 7.30. The largest absolute Gasteiger partial charge is 0.445 e. The predicted molar refractivity (Wildman–Crippen MR) is 86.5 cm³/mol. The Labute approximate surface area is 135 Å². The Morgan fingerprint density at radius 2 is 1.74 bits per heavy atom. The lowest BCUT2D eigenvalue weighted by molar-refractivity contribution is -0.126. The Morgan fingerprint density at radius 3 is 2.26 bits per heavy atom. The van der Waals surface area contributed by atoms with Gasteiger partial charge in [0.05, 0.1) is 0 Å². The van der Waals surface area contributed by atoms with Gasteiger partial charge in [0, 0.05) is 12.1 Å². The molecule has 0 radical (unpaired) electrons. The second-order valence-electron chi connectivity index (χ2n) is 5.68. The van der Waals surface area contributed by atoms with Crippen molar-refractivity contribution in [2.75, 3.05) is 5.32 Å². The molecule has 7 nitrogen and oxygen atoms in total. The normalized spacial score (nSPS) is 11.7. The third-order valence-electron chi connectivity index (χ3n) is 2.97. The van der Waals surface area contributed by atoms with Crippen LogP contribution in [0, 0.1) is 5.92 Å². The van der Waals surface area contributed by atoms with Crippen LogP contribution >= 0.6 is 0 Å². The van der Waals surface area contributed by atoms with E-state index in [1.54, 1.807) is 31.2 Å². The van der Waals surface area contributed by atoms with Crippen molar-refractivity contribution in [1.29, 1.82) is 0 Å². The van der Waals surface area contributed by atoms with Crippen molar-refractivity contribution in [3.63, 3.8) is 0 Å². The smallest absolute Gasteiger partial charge is 0.404 e. The second kappa shape index (κ2) is 8.77. The fraction of sp³-hybridized carbons (Fsp3) is 0.438. The summed E-state index contributed by atoms with van der Waals surface area (Å²) in [6.07, 6.45) is -0.458. The Bertz CT molecular complexity index is 555. The Hall–Kier alpha value is -2.57. The SMILES string of the molecule is CC(C)CC(=O)N[C@@H](C)C(=O)Nc1ccc(COC(N)=O)cc1. The van der Waals surface area contributed by atoms with Crippen molar-refractivity contribution < 1.29 is 19.1 Å². The number of carbonyl (C=O) groups is 3. The number of amides is 3. The van der Waals surface area contributed by atoms with Crippen LogP contribution in [0.4, 0.5) is 10.5 Å². The van der Waals surface area contributed by atoms with Gasteiger partial charge in [0.25, 0.3) is 0 Å². The summed E-state index contributed by atoms with van der Waals surface area (Å²) in [5.41, 5.74) is 6.22. The van der Waals surface area contributed by atoms with E-state index < -0.39 is 12.1 Å². The van der Waals surface area contributed by atoms with Gasteiger partial charge in [-0.3, -0.25) is 9.59 Å². The number of carbonyl (C=O) groups excluding carboxylic acids is 3. The highest BCUT2D eigenvalue weighted by Gasteiger charge is 2.16. The lowest BCUT2D eigenvalue weighted by atomic mass is 10.1. The van der Waals surface area contributed by atoms with E-state index in [2.05, 4.69) is 15.4 Å². The highest BCUT2D eigenvalue weighted by molar-refractivity contribution is 5.96. The molecule has 1 aromatic rings. The molecular formula is C16H23N3O4. The fourth-order valence-electron chi connectivity index (χ4n) is 1.83. The molecule has 126 valence electrons. The summed E-state index contributed by atoms with van der Waals surface area (Å²) in [6.45, 7) is 5.58. The first-order valence-electron chi connectivity index (χ1n) is 7.39. The first-order valence-corrected chi connectivity index (χ1v) is 7.39. The summed E-state index contributed by atoms with van der Waals surface area (Å²) >= 11 is 0. The molecule has 3 amide bonds. The van der Waals surface area contributed by atoms with Gasteiger partial charge in [0.15, 0.2) is 0 Å². The maximum absolute atomic E-state index is 12.0. The Morgan fingerprint density at radius 1 is 1.13 bits per heavy atom. The molecular weight excluding hydrogens is 298 g/mol. The van der Waals surface area contributed by atoms with E-state index in [4.69, 9.17) is 5.73 Å². The summed E-state index contributed by atoms with van der Waals surface area (Å²) in [7, 11) is 0. The first-order chi connectivity index (χ1) is 10.8. The number of rotatable bonds is 7. The second-order valence-corrected chi connectivity index (χ2v) is 5.68. The topological polar surface area (TPSA) is 111 Å². The van der Waals surface area contributed by atoms with Crippen LogP contribution in [0.1, 0.15) is 32.8 Å². The van der Waals surface area contributed by atoms with Crippen LogP contribution in [0.2, 0.25) is 0 Å². The van der Waals surface area contributed by atoms with Crippen LogP contribution in [-0.2, 0) is 20.9 Å². The summed E-state index contributed by atoms with van der Waals surface area (Å²) in [4.78, 5) is 34.2. The quantitative estimate of drug-likeness (QED) is 0.710. The highest BCUT2D eigenvalue weighted by Crippen LogP contribution is 2.11. The zero-order valence-electron chi connectivity index (χ0n) is 13.6. The molecule has 7 heteroatoms. The average molecular weight is 321 g/mol. The molecule has 1 rings (SSSR count). The van der Waals surface area contributed by atoms with E-state index in [9.17, 15) is 14.4 Å². The average Bonchev–Trinajstić information content (AvgIpc) is 2.45. The van der Waals surface area contributed by atoms with Crippen molar-refractivity contribution in [2.45, 2.75) is 39.8 Å². The molecule has 0 aliphatic heterocycles. The van der Waals surface area contributed by atoms with E-state index in [-0.39, 0.29) is 24.3 Å². The molecule has 0 saturated carbocycles. The van der Waals surface area contributed by atoms with E-state index in [1.165, 1.54) is 0 Å². The monoisotopic (exact) mass is 321 g/mol. The van der Waals surface area contributed by atoms with Crippen LogP contribution in [0.25, 0.3) is 0 Å². The molecule has 4 N–H and O–H groups in total. The number of benzene rings is 1. The summed E-state index contributed by atoms with van der Waals surface area (Å²) in [5, 5.41) is 5.36. The van der Waals surface area contributed by atoms with Crippen LogP contribution < -0.4 is 16.4 Å². The zero-order chi connectivity index (χ0) is 17.4. The van der Waals surface area contributed by atoms with E-state index in [0.717, 1.165) is 5.56 Å². The van der Waals surface area contributed by atoms with Gasteiger partial charge in [-0.05, 0) is 30.5 Å². The maximum Gasteiger partial charge on any atom is 0.404 e. The van der Waals surface area contributed by atoms with Crippen LogP contribution in [0.15, 0.2) is 24.3 Å². The lowest BCUT2D eigenvalue weighted by Gasteiger charge is -2.15. The molecule has 23 heavy (non-hydrogen) atoms. The maximum atomic E-state index is 12.0. The molecule has 0 saturated heterocycles. The van der Waals surface area contributed by atoms with Gasteiger partial charge in [-0.15, -0.1) is 0 Å². The number of ether oxygens (including phenoxy) is 1. The number of hydrogen-bond donors (Lipinski definition) is 3. The van der Waals surface area contributed by atoms with E-state index >= 15 is 0 Å². The molecule has 0 fully saturated rings.